The van der Waals surface area contributed by atoms with Crippen molar-refractivity contribution >= 4 is 12.0 Å². The van der Waals surface area contributed by atoms with Crippen molar-refractivity contribution < 1.29 is 14.6 Å². The van der Waals surface area contributed by atoms with Crippen molar-refractivity contribution in [2.45, 2.75) is 19.9 Å². The summed E-state index contributed by atoms with van der Waals surface area (Å²) in [6.07, 6.45) is 2.67. The van der Waals surface area contributed by atoms with Crippen molar-refractivity contribution in [3.63, 3.8) is 0 Å². The highest BCUT2D eigenvalue weighted by atomic mass is 16.5. The van der Waals surface area contributed by atoms with E-state index in [9.17, 15) is 4.79 Å². The maximum Gasteiger partial charge on any atom is 0.328 e. The smallest absolute Gasteiger partial charge is 0.328 e. The summed E-state index contributed by atoms with van der Waals surface area (Å²) in [4.78, 5) is 12.6. The summed E-state index contributed by atoms with van der Waals surface area (Å²) in [7, 11) is 2.06. The monoisotopic (exact) mass is 263 g/mol. The fourth-order valence-corrected chi connectivity index (χ4v) is 1.41. The Hall–Kier alpha value is -1.81. The van der Waals surface area contributed by atoms with Gasteiger partial charge in [-0.25, -0.2) is 4.79 Å². The second-order valence-electron chi connectivity index (χ2n) is 4.66. The molecule has 4 heteroatoms. The summed E-state index contributed by atoms with van der Waals surface area (Å²) >= 11 is 0. The van der Waals surface area contributed by atoms with Crippen LogP contribution in [-0.2, 0) is 4.79 Å². The molecule has 0 amide bonds. The highest BCUT2D eigenvalue weighted by Gasteiger charge is 2.02. The molecule has 0 heterocycles. The van der Waals surface area contributed by atoms with Gasteiger partial charge in [-0.2, -0.15) is 0 Å². The van der Waals surface area contributed by atoms with Gasteiger partial charge in [0, 0.05) is 18.7 Å². The molecule has 0 spiro atoms. The number of benzene rings is 1. The van der Waals surface area contributed by atoms with Gasteiger partial charge in [0.25, 0.3) is 0 Å². The predicted molar refractivity (Wildman–Crippen MR) is 76.4 cm³/mol. The van der Waals surface area contributed by atoms with Gasteiger partial charge in [0.05, 0.1) is 0 Å². The Morgan fingerprint density at radius 1 is 1.37 bits per heavy atom. The predicted octanol–water partition coefficient (Wildman–Crippen LogP) is 2.50. The van der Waals surface area contributed by atoms with Gasteiger partial charge >= 0.3 is 5.97 Å². The van der Waals surface area contributed by atoms with E-state index in [2.05, 4.69) is 25.8 Å². The number of carboxylic acid groups (broad SMARTS) is 1. The first-order chi connectivity index (χ1) is 8.99. The van der Waals surface area contributed by atoms with E-state index in [1.807, 2.05) is 24.3 Å². The first kappa shape index (κ1) is 15.2. The van der Waals surface area contributed by atoms with Gasteiger partial charge in [0.2, 0.25) is 0 Å². The van der Waals surface area contributed by atoms with Crippen LogP contribution in [0.1, 0.15) is 19.4 Å². The molecule has 0 atom stereocenters. The highest BCUT2D eigenvalue weighted by molar-refractivity contribution is 5.85. The molecule has 0 aromatic heterocycles. The number of nitrogens with zero attached hydrogens (tertiary/aromatic N) is 1. The van der Waals surface area contributed by atoms with Gasteiger partial charge in [0.1, 0.15) is 12.4 Å². The first-order valence-corrected chi connectivity index (χ1v) is 6.33. The number of carboxylic acids is 1. The molecule has 1 N–H and O–H groups in total. The molecule has 0 saturated carbocycles. The molecular formula is C15H21NO3. The second-order valence-corrected chi connectivity index (χ2v) is 4.66. The average Bonchev–Trinajstić information content (AvgIpc) is 2.37. The Kier molecular flexibility index (Phi) is 6.09. The van der Waals surface area contributed by atoms with E-state index in [4.69, 9.17) is 9.84 Å². The largest absolute Gasteiger partial charge is 0.492 e. The molecule has 1 aromatic carbocycles. The summed E-state index contributed by atoms with van der Waals surface area (Å²) in [5.41, 5.74) is 0.842. The lowest BCUT2D eigenvalue weighted by atomic mass is 10.2. The van der Waals surface area contributed by atoms with Gasteiger partial charge in [0.15, 0.2) is 0 Å². The lowest BCUT2D eigenvalue weighted by Crippen LogP contribution is -2.30. The number of hydrogen-bond acceptors (Lipinski definition) is 3. The fourth-order valence-electron chi connectivity index (χ4n) is 1.41. The van der Waals surface area contributed by atoms with Crippen LogP contribution in [0, 0.1) is 0 Å². The third kappa shape index (κ3) is 6.06. The molecule has 0 aliphatic heterocycles. The van der Waals surface area contributed by atoms with Crippen LogP contribution in [0.15, 0.2) is 30.3 Å². The Bertz CT molecular complexity index is 424. The van der Waals surface area contributed by atoms with Crippen molar-refractivity contribution in [2.75, 3.05) is 20.2 Å². The van der Waals surface area contributed by atoms with E-state index >= 15 is 0 Å². The number of carbonyl (C=O) groups is 1. The van der Waals surface area contributed by atoms with E-state index in [0.717, 1.165) is 23.9 Å². The normalized spacial score (nSPS) is 11.4. The molecule has 104 valence electrons. The van der Waals surface area contributed by atoms with E-state index < -0.39 is 5.97 Å². The van der Waals surface area contributed by atoms with Gasteiger partial charge in [-0.3, -0.25) is 0 Å². The first-order valence-electron chi connectivity index (χ1n) is 6.33. The Balaban J connectivity index is 2.42. The lowest BCUT2D eigenvalue weighted by Gasteiger charge is -2.20. The summed E-state index contributed by atoms with van der Waals surface area (Å²) in [6, 6.07) is 7.86. The van der Waals surface area contributed by atoms with Crippen LogP contribution in [0.2, 0.25) is 0 Å². The van der Waals surface area contributed by atoms with Crippen LogP contribution >= 0.6 is 0 Å². The summed E-state index contributed by atoms with van der Waals surface area (Å²) < 4.78 is 5.63. The Labute approximate surface area is 114 Å². The molecule has 19 heavy (non-hydrogen) atoms. The zero-order valence-electron chi connectivity index (χ0n) is 11.7. The Morgan fingerprint density at radius 2 is 2.00 bits per heavy atom. The van der Waals surface area contributed by atoms with Crippen LogP contribution in [-0.4, -0.2) is 42.2 Å². The quantitative estimate of drug-likeness (QED) is 0.768. The SMILES string of the molecule is CC(C)N(C)CCOc1ccc(/C=C/C(=O)O)cc1. The molecule has 0 unspecified atom stereocenters. The second kappa shape index (κ2) is 7.59. The van der Waals surface area contributed by atoms with Crippen molar-refractivity contribution in [1.29, 1.82) is 0 Å². The molecule has 0 radical (unpaired) electrons. The maximum atomic E-state index is 10.4. The molecule has 0 fully saturated rings. The van der Waals surface area contributed by atoms with Crippen LogP contribution in [0.25, 0.3) is 6.08 Å². The standard InChI is InChI=1S/C15H21NO3/c1-12(2)16(3)10-11-19-14-7-4-13(5-8-14)6-9-15(17)18/h4-9,12H,10-11H2,1-3H3,(H,17,18)/b9-6+. The topological polar surface area (TPSA) is 49.8 Å². The number of likely N-dealkylation sites (N-methyl/N-ethyl adjacent to an activating group) is 1. The van der Waals surface area contributed by atoms with Crippen LogP contribution in [0.5, 0.6) is 5.75 Å². The van der Waals surface area contributed by atoms with Crippen LogP contribution in [0.4, 0.5) is 0 Å². The van der Waals surface area contributed by atoms with Gasteiger partial charge in [-0.05, 0) is 44.7 Å². The number of hydrogen-bond donors (Lipinski definition) is 1. The minimum atomic E-state index is -0.947. The lowest BCUT2D eigenvalue weighted by molar-refractivity contribution is -0.131. The summed E-state index contributed by atoms with van der Waals surface area (Å²) in [5, 5.41) is 8.53. The van der Waals surface area contributed by atoms with Crippen LogP contribution < -0.4 is 4.74 Å². The third-order valence-corrected chi connectivity index (χ3v) is 2.89. The third-order valence-electron chi connectivity index (χ3n) is 2.89. The van der Waals surface area contributed by atoms with E-state index in [-0.39, 0.29) is 0 Å². The minimum absolute atomic E-state index is 0.507. The molecule has 1 aromatic rings. The molecule has 0 aliphatic rings. The van der Waals surface area contributed by atoms with Crippen molar-refractivity contribution in [2.24, 2.45) is 0 Å². The van der Waals surface area contributed by atoms with Crippen molar-refractivity contribution in [3.05, 3.63) is 35.9 Å². The minimum Gasteiger partial charge on any atom is -0.492 e. The van der Waals surface area contributed by atoms with Gasteiger partial charge in [-0.1, -0.05) is 12.1 Å². The van der Waals surface area contributed by atoms with Crippen molar-refractivity contribution in [1.82, 2.24) is 4.90 Å². The number of aliphatic carboxylic acids is 1. The van der Waals surface area contributed by atoms with Gasteiger partial charge < -0.3 is 14.7 Å². The fraction of sp³-hybridized carbons (Fsp3) is 0.400. The maximum absolute atomic E-state index is 10.4. The highest BCUT2D eigenvalue weighted by Crippen LogP contribution is 2.13. The molecule has 0 aliphatic carbocycles. The Morgan fingerprint density at radius 3 is 2.53 bits per heavy atom. The number of ether oxygens (including phenoxy) is 1. The molecule has 0 bridgehead atoms. The average molecular weight is 263 g/mol. The van der Waals surface area contributed by atoms with E-state index in [1.165, 1.54) is 0 Å². The zero-order valence-corrected chi connectivity index (χ0v) is 11.7. The molecule has 1 rings (SSSR count). The number of rotatable bonds is 7. The van der Waals surface area contributed by atoms with Crippen LogP contribution in [0.3, 0.4) is 0 Å². The zero-order chi connectivity index (χ0) is 14.3. The van der Waals surface area contributed by atoms with Crippen molar-refractivity contribution in [3.8, 4) is 5.75 Å². The van der Waals surface area contributed by atoms with E-state index in [0.29, 0.717) is 12.6 Å². The molecule has 0 saturated heterocycles. The summed E-state index contributed by atoms with van der Waals surface area (Å²) in [5.74, 6) is -0.151. The molecule has 4 nitrogen and oxygen atoms in total. The van der Waals surface area contributed by atoms with Gasteiger partial charge in [-0.15, -0.1) is 0 Å². The van der Waals surface area contributed by atoms with E-state index in [1.54, 1.807) is 6.08 Å². The summed E-state index contributed by atoms with van der Waals surface area (Å²) in [6.45, 7) is 5.80. The molecular weight excluding hydrogens is 242 g/mol.